The number of nitriles is 1. The van der Waals surface area contributed by atoms with E-state index in [0.717, 1.165) is 6.07 Å². The average molecular weight is 524 g/mol. The monoisotopic (exact) mass is 523 g/mol. The van der Waals surface area contributed by atoms with Gasteiger partial charge in [-0.05, 0) is 43.7 Å². The van der Waals surface area contributed by atoms with E-state index in [0.29, 0.717) is 21.0 Å². The lowest BCUT2D eigenvalue weighted by Crippen LogP contribution is -2.17. The summed E-state index contributed by atoms with van der Waals surface area (Å²) in [6, 6.07) is 11.2. The molecule has 0 spiro atoms. The van der Waals surface area contributed by atoms with Crippen LogP contribution < -0.4 is 16.0 Å². The number of thiazole rings is 1. The van der Waals surface area contributed by atoms with Crippen molar-refractivity contribution in [1.29, 1.82) is 5.26 Å². The van der Waals surface area contributed by atoms with Crippen LogP contribution in [0.5, 0.6) is 0 Å². The molecule has 2 aromatic heterocycles. The number of anilines is 4. The Morgan fingerprint density at radius 3 is 2.64 bits per heavy atom. The maximum absolute atomic E-state index is 14.6. The van der Waals surface area contributed by atoms with Gasteiger partial charge in [-0.15, -0.1) is 0 Å². The summed E-state index contributed by atoms with van der Waals surface area (Å²) in [5, 5.41) is 17.9. The third-order valence-electron chi connectivity index (χ3n) is 5.11. The van der Waals surface area contributed by atoms with E-state index < -0.39 is 17.1 Å². The molecule has 36 heavy (non-hydrogen) atoms. The lowest BCUT2D eigenvalue weighted by atomic mass is 9.85. The van der Waals surface area contributed by atoms with E-state index in [9.17, 15) is 19.2 Å². The van der Waals surface area contributed by atoms with E-state index in [-0.39, 0.29) is 33.8 Å². The molecule has 0 atom stereocenters. The van der Waals surface area contributed by atoms with Crippen molar-refractivity contribution >= 4 is 67.6 Å². The summed E-state index contributed by atoms with van der Waals surface area (Å²) in [5.41, 5.74) is 0.792. The molecule has 0 aliphatic heterocycles. The fourth-order valence-electron chi connectivity index (χ4n) is 3.17. The first-order valence-corrected chi connectivity index (χ1v) is 11.8. The number of halogens is 2. The van der Waals surface area contributed by atoms with Crippen molar-refractivity contribution in [2.45, 2.75) is 26.2 Å². The minimum atomic E-state index is -0.791. The Morgan fingerprint density at radius 2 is 1.92 bits per heavy atom. The number of aromatic nitrogens is 3. The summed E-state index contributed by atoms with van der Waals surface area (Å²) >= 11 is 7.38. The van der Waals surface area contributed by atoms with Gasteiger partial charge in [0.15, 0.2) is 9.96 Å². The van der Waals surface area contributed by atoms with Crippen LogP contribution in [-0.2, 0) is 10.2 Å². The molecule has 4 aromatic rings. The molecular formula is C24H19ClFN7O2S. The van der Waals surface area contributed by atoms with Crippen LogP contribution in [0, 0.1) is 17.1 Å². The van der Waals surface area contributed by atoms with Crippen LogP contribution in [0.2, 0.25) is 5.02 Å². The third kappa shape index (κ3) is 5.40. The van der Waals surface area contributed by atoms with E-state index in [4.69, 9.17) is 11.6 Å². The summed E-state index contributed by atoms with van der Waals surface area (Å²) < 4.78 is 14.6. The second-order valence-corrected chi connectivity index (χ2v) is 9.68. The molecule has 0 aliphatic rings. The van der Waals surface area contributed by atoms with Gasteiger partial charge >= 0.3 is 0 Å². The zero-order chi connectivity index (χ0) is 26.0. The molecule has 12 heteroatoms. The van der Waals surface area contributed by atoms with E-state index >= 15 is 0 Å². The van der Waals surface area contributed by atoms with Crippen LogP contribution in [0.25, 0.3) is 10.3 Å². The number of fused-ring (bicyclic) bond motifs is 1. The van der Waals surface area contributed by atoms with Crippen LogP contribution in [0.15, 0.2) is 42.6 Å². The maximum atomic E-state index is 14.6. The number of hydrogen-bond acceptors (Lipinski definition) is 8. The highest BCUT2D eigenvalue weighted by molar-refractivity contribution is 7.21. The standard InChI is InChI=1S/C24H19ClFN7O2S/c1-12(34)29-23-32-19-10-28-22(33-21(19)36-23)31-17-9-18(16(26)8-15(17)25)30-20(35)13-5-4-6-14(7-13)24(2,3)11-27/h4-10H,1-3H3,(H,30,35)(H,28,31,33)(H,29,32,34). The Kier molecular flexibility index (Phi) is 6.83. The molecule has 2 heterocycles. The molecule has 0 radical (unpaired) electrons. The topological polar surface area (TPSA) is 133 Å². The van der Waals surface area contributed by atoms with Crippen LogP contribution in [0.3, 0.4) is 0 Å². The molecule has 0 saturated heterocycles. The zero-order valence-electron chi connectivity index (χ0n) is 19.3. The van der Waals surface area contributed by atoms with Gasteiger partial charge in [0.1, 0.15) is 11.3 Å². The van der Waals surface area contributed by atoms with Gasteiger partial charge in [-0.3, -0.25) is 9.59 Å². The van der Waals surface area contributed by atoms with Gasteiger partial charge in [-0.25, -0.2) is 14.4 Å². The van der Waals surface area contributed by atoms with Crippen molar-refractivity contribution in [3.8, 4) is 6.07 Å². The van der Waals surface area contributed by atoms with Crippen LogP contribution in [-0.4, -0.2) is 26.8 Å². The number of hydrogen-bond donors (Lipinski definition) is 3. The number of carbonyl (C=O) groups is 2. The van der Waals surface area contributed by atoms with Crippen molar-refractivity contribution in [2.75, 3.05) is 16.0 Å². The first-order valence-electron chi connectivity index (χ1n) is 10.6. The molecule has 2 aromatic carbocycles. The van der Waals surface area contributed by atoms with Gasteiger partial charge in [0.25, 0.3) is 5.91 Å². The Balaban J connectivity index is 1.58. The highest BCUT2D eigenvalue weighted by Crippen LogP contribution is 2.32. The quantitative estimate of drug-likeness (QED) is 0.298. The molecule has 3 N–H and O–H groups in total. The van der Waals surface area contributed by atoms with Crippen molar-refractivity contribution in [3.05, 3.63) is 64.6 Å². The minimum Gasteiger partial charge on any atom is -0.323 e. The Bertz CT molecular complexity index is 1550. The van der Waals surface area contributed by atoms with Crippen molar-refractivity contribution in [1.82, 2.24) is 15.0 Å². The summed E-state index contributed by atoms with van der Waals surface area (Å²) in [4.78, 5) is 37.4. The first kappa shape index (κ1) is 25.0. The predicted molar refractivity (Wildman–Crippen MR) is 137 cm³/mol. The van der Waals surface area contributed by atoms with Crippen molar-refractivity contribution in [2.24, 2.45) is 0 Å². The molecular weight excluding hydrogens is 505 g/mol. The van der Waals surface area contributed by atoms with Gasteiger partial charge in [0.2, 0.25) is 11.9 Å². The number of benzene rings is 2. The molecule has 2 amide bonds. The van der Waals surface area contributed by atoms with Gasteiger partial charge in [0, 0.05) is 12.5 Å². The number of carbonyl (C=O) groups excluding carboxylic acids is 2. The summed E-state index contributed by atoms with van der Waals surface area (Å²) in [7, 11) is 0. The molecule has 9 nitrogen and oxygen atoms in total. The predicted octanol–water partition coefficient (Wildman–Crippen LogP) is 5.63. The lowest BCUT2D eigenvalue weighted by molar-refractivity contribution is -0.114. The Labute approximate surface area is 214 Å². The summed E-state index contributed by atoms with van der Waals surface area (Å²) in [5.74, 6) is -1.37. The zero-order valence-corrected chi connectivity index (χ0v) is 20.9. The fraction of sp³-hybridized carbons (Fsp3) is 0.167. The molecule has 0 unspecified atom stereocenters. The smallest absolute Gasteiger partial charge is 0.255 e. The van der Waals surface area contributed by atoms with E-state index in [2.05, 4.69) is 37.0 Å². The number of rotatable bonds is 6. The normalized spacial score (nSPS) is 11.1. The highest BCUT2D eigenvalue weighted by Gasteiger charge is 2.21. The lowest BCUT2D eigenvalue weighted by Gasteiger charge is -2.17. The number of nitrogens with one attached hydrogen (secondary N) is 3. The van der Waals surface area contributed by atoms with Crippen LogP contribution in [0.1, 0.15) is 36.7 Å². The van der Waals surface area contributed by atoms with Crippen LogP contribution in [0.4, 0.5) is 26.8 Å². The van der Waals surface area contributed by atoms with Gasteiger partial charge < -0.3 is 16.0 Å². The molecule has 4 rings (SSSR count). The molecule has 182 valence electrons. The summed E-state index contributed by atoms with van der Waals surface area (Å²) in [6.45, 7) is 4.86. The largest absolute Gasteiger partial charge is 0.323 e. The summed E-state index contributed by atoms with van der Waals surface area (Å²) in [6.07, 6.45) is 1.47. The highest BCUT2D eigenvalue weighted by atomic mass is 35.5. The molecule has 0 fully saturated rings. The van der Waals surface area contributed by atoms with E-state index in [1.54, 1.807) is 38.1 Å². The van der Waals surface area contributed by atoms with Crippen molar-refractivity contribution < 1.29 is 14.0 Å². The number of nitrogens with zero attached hydrogens (tertiary/aromatic N) is 4. The first-order chi connectivity index (χ1) is 17.1. The Hall–Kier alpha value is -4.14. The van der Waals surface area contributed by atoms with Gasteiger partial charge in [-0.2, -0.15) is 10.2 Å². The maximum Gasteiger partial charge on any atom is 0.255 e. The van der Waals surface area contributed by atoms with E-state index in [1.807, 2.05) is 0 Å². The Morgan fingerprint density at radius 1 is 1.14 bits per heavy atom. The van der Waals surface area contributed by atoms with Gasteiger partial charge in [-0.1, -0.05) is 35.1 Å². The SMILES string of the molecule is CC(=O)Nc1nc2cnc(Nc3cc(NC(=O)c4cccc(C(C)(C)C#N)c4)c(F)cc3Cl)nc2s1. The number of amides is 2. The minimum absolute atomic E-state index is 0.0511. The van der Waals surface area contributed by atoms with Gasteiger partial charge in [0.05, 0.1) is 34.1 Å². The molecule has 0 saturated carbocycles. The fourth-order valence-corrected chi connectivity index (χ4v) is 4.22. The second-order valence-electron chi connectivity index (χ2n) is 8.29. The van der Waals surface area contributed by atoms with E-state index in [1.165, 1.54) is 30.5 Å². The average Bonchev–Trinajstić information content (AvgIpc) is 3.23. The molecule has 0 aliphatic carbocycles. The second kappa shape index (κ2) is 9.85. The van der Waals surface area contributed by atoms with Crippen molar-refractivity contribution in [3.63, 3.8) is 0 Å². The molecule has 0 bridgehead atoms. The van der Waals surface area contributed by atoms with Crippen LogP contribution >= 0.6 is 22.9 Å². The third-order valence-corrected chi connectivity index (χ3v) is 6.30.